The van der Waals surface area contributed by atoms with E-state index in [2.05, 4.69) is 53.0 Å². The van der Waals surface area contributed by atoms with Gasteiger partial charge in [-0.25, -0.2) is 0 Å². The molecule has 1 saturated carbocycles. The zero-order valence-corrected chi connectivity index (χ0v) is 20.2. The van der Waals surface area contributed by atoms with Crippen molar-refractivity contribution in [2.45, 2.75) is 110 Å². The van der Waals surface area contributed by atoms with Gasteiger partial charge in [-0.05, 0) is 42.8 Å². The quantitative estimate of drug-likeness (QED) is 0.532. The maximum atomic E-state index is 12.5. The lowest BCUT2D eigenvalue weighted by atomic mass is 9.81. The molecule has 0 unspecified atom stereocenters. The van der Waals surface area contributed by atoms with Crippen LogP contribution in [0, 0.1) is 17.8 Å². The molecule has 160 valence electrons. The smallest absolute Gasteiger partial charge is 0.223 e. The Bertz CT molecular complexity index is 454. The first-order valence-electron chi connectivity index (χ1n) is 11.0. The zero-order valence-electron chi connectivity index (χ0n) is 19.2. The molecule has 0 bridgehead atoms. The van der Waals surface area contributed by atoms with Crippen LogP contribution < -0.4 is 11.1 Å². The molecule has 4 nitrogen and oxygen atoms in total. The molecule has 0 spiro atoms. The van der Waals surface area contributed by atoms with Crippen molar-refractivity contribution in [1.29, 1.82) is 0 Å². The van der Waals surface area contributed by atoms with Crippen LogP contribution >= 0.6 is 0 Å². The van der Waals surface area contributed by atoms with Crippen molar-refractivity contribution in [1.82, 2.24) is 5.32 Å². The van der Waals surface area contributed by atoms with E-state index in [1.54, 1.807) is 7.05 Å². The Hall–Kier alpha value is -0.393. The Kier molecular flexibility index (Phi) is 9.50. The van der Waals surface area contributed by atoms with Crippen LogP contribution in [-0.2, 0) is 9.22 Å². The SMILES string of the molecule is CNC(=O)[C@@H](C[C@H](O[Si](C)(C)C(C)(C)C)[C@@H](N)CC1CCCCC1)C(C)C. The molecule has 5 heteroatoms. The van der Waals surface area contributed by atoms with Gasteiger partial charge in [0.1, 0.15) is 0 Å². The van der Waals surface area contributed by atoms with Gasteiger partial charge in [0.15, 0.2) is 8.32 Å². The fraction of sp³-hybridized carbons (Fsp3) is 0.955. The van der Waals surface area contributed by atoms with Crippen molar-refractivity contribution in [3.63, 3.8) is 0 Å². The topological polar surface area (TPSA) is 64.3 Å². The zero-order chi connectivity index (χ0) is 20.8. The first-order chi connectivity index (χ1) is 12.4. The number of amides is 1. The Morgan fingerprint density at radius 3 is 2.19 bits per heavy atom. The predicted molar refractivity (Wildman–Crippen MR) is 118 cm³/mol. The van der Waals surface area contributed by atoms with Crippen molar-refractivity contribution < 1.29 is 9.22 Å². The van der Waals surface area contributed by atoms with Gasteiger partial charge in [-0.3, -0.25) is 4.79 Å². The second-order valence-corrected chi connectivity index (χ2v) is 15.3. The second kappa shape index (κ2) is 10.4. The molecule has 1 amide bonds. The van der Waals surface area contributed by atoms with E-state index in [1.165, 1.54) is 32.1 Å². The lowest BCUT2D eigenvalue weighted by Crippen LogP contribution is -2.51. The monoisotopic (exact) mass is 398 g/mol. The van der Waals surface area contributed by atoms with Crippen LogP contribution in [0.3, 0.4) is 0 Å². The maximum Gasteiger partial charge on any atom is 0.223 e. The van der Waals surface area contributed by atoms with Gasteiger partial charge in [-0.15, -0.1) is 0 Å². The van der Waals surface area contributed by atoms with E-state index in [-0.39, 0.29) is 34.9 Å². The summed E-state index contributed by atoms with van der Waals surface area (Å²) in [5.74, 6) is 1.05. The molecule has 1 rings (SSSR count). The van der Waals surface area contributed by atoms with Gasteiger partial charge in [0, 0.05) is 19.0 Å². The van der Waals surface area contributed by atoms with Crippen LogP contribution in [0.25, 0.3) is 0 Å². The number of carbonyl (C=O) groups excluding carboxylic acids is 1. The molecule has 0 aromatic carbocycles. The summed E-state index contributed by atoms with van der Waals surface area (Å²) >= 11 is 0. The third-order valence-corrected chi connectivity index (χ3v) is 11.4. The normalized spacial score (nSPS) is 20.4. The van der Waals surface area contributed by atoms with Gasteiger partial charge >= 0.3 is 0 Å². The maximum absolute atomic E-state index is 12.5. The minimum Gasteiger partial charge on any atom is -0.412 e. The average molecular weight is 399 g/mol. The molecule has 0 radical (unpaired) electrons. The highest BCUT2D eigenvalue weighted by Crippen LogP contribution is 2.39. The van der Waals surface area contributed by atoms with Crippen LogP contribution in [-0.4, -0.2) is 33.4 Å². The minimum atomic E-state index is -1.95. The molecule has 0 saturated heterocycles. The molecule has 3 atom stereocenters. The van der Waals surface area contributed by atoms with Crippen molar-refractivity contribution in [3.8, 4) is 0 Å². The first kappa shape index (κ1) is 24.6. The van der Waals surface area contributed by atoms with E-state index < -0.39 is 8.32 Å². The molecule has 0 aromatic heterocycles. The lowest BCUT2D eigenvalue weighted by molar-refractivity contribution is -0.127. The summed E-state index contributed by atoms with van der Waals surface area (Å²) in [4.78, 5) is 12.5. The summed E-state index contributed by atoms with van der Waals surface area (Å²) in [6, 6.07) is 0.00753. The number of nitrogens with two attached hydrogens (primary N) is 1. The standard InChI is InChI=1S/C22H46N2O2Si/c1-16(2)18(21(25)24-6)15-20(26-27(7,8)22(3,4)5)19(23)14-17-12-10-9-11-13-17/h16-20H,9-15,23H2,1-8H3,(H,24,25)/t18-,19-,20-/m0/s1. The van der Waals surface area contributed by atoms with E-state index in [4.69, 9.17) is 10.2 Å². The molecule has 1 aliphatic carbocycles. The summed E-state index contributed by atoms with van der Waals surface area (Å²) in [6.07, 6.45) is 8.32. The summed E-state index contributed by atoms with van der Waals surface area (Å²) in [7, 11) is -0.229. The summed E-state index contributed by atoms with van der Waals surface area (Å²) in [5, 5.41) is 2.98. The van der Waals surface area contributed by atoms with Crippen LogP contribution in [0.1, 0.15) is 79.6 Å². The van der Waals surface area contributed by atoms with Gasteiger partial charge < -0.3 is 15.5 Å². The van der Waals surface area contributed by atoms with E-state index in [0.717, 1.165) is 18.8 Å². The highest BCUT2D eigenvalue weighted by Gasteiger charge is 2.41. The predicted octanol–water partition coefficient (Wildman–Crippen LogP) is 5.08. The number of rotatable bonds is 9. The Balaban J connectivity index is 2.97. The van der Waals surface area contributed by atoms with E-state index >= 15 is 0 Å². The van der Waals surface area contributed by atoms with Gasteiger partial charge in [0.25, 0.3) is 0 Å². The minimum absolute atomic E-state index is 0.00753. The molecular formula is C22H46N2O2Si. The van der Waals surface area contributed by atoms with Crippen LogP contribution in [0.5, 0.6) is 0 Å². The van der Waals surface area contributed by atoms with Crippen LogP contribution in [0.4, 0.5) is 0 Å². The molecule has 0 heterocycles. The van der Waals surface area contributed by atoms with Crippen molar-refractivity contribution in [3.05, 3.63) is 0 Å². The number of nitrogens with one attached hydrogen (secondary N) is 1. The Morgan fingerprint density at radius 1 is 1.19 bits per heavy atom. The molecule has 3 N–H and O–H groups in total. The highest BCUT2D eigenvalue weighted by atomic mass is 28.4. The average Bonchev–Trinajstić information content (AvgIpc) is 2.57. The number of hydrogen-bond acceptors (Lipinski definition) is 3. The van der Waals surface area contributed by atoms with Gasteiger partial charge in [0.05, 0.1) is 6.10 Å². The van der Waals surface area contributed by atoms with Gasteiger partial charge in [-0.2, -0.15) is 0 Å². The van der Waals surface area contributed by atoms with Crippen molar-refractivity contribution in [2.24, 2.45) is 23.5 Å². The van der Waals surface area contributed by atoms with Gasteiger partial charge in [0.2, 0.25) is 5.91 Å². The molecule has 0 aliphatic heterocycles. The molecule has 0 aromatic rings. The third-order valence-electron chi connectivity index (χ3n) is 6.93. The Labute approximate surface area is 169 Å². The van der Waals surface area contributed by atoms with E-state index in [1.807, 2.05) is 0 Å². The molecule has 1 aliphatic rings. The lowest BCUT2D eigenvalue weighted by Gasteiger charge is -2.42. The van der Waals surface area contributed by atoms with E-state index in [0.29, 0.717) is 0 Å². The summed E-state index contributed by atoms with van der Waals surface area (Å²) < 4.78 is 6.81. The number of carbonyl (C=O) groups is 1. The second-order valence-electron chi connectivity index (χ2n) is 10.5. The number of hydrogen-bond donors (Lipinski definition) is 2. The molecule has 1 fully saturated rings. The third kappa shape index (κ3) is 7.50. The summed E-state index contributed by atoms with van der Waals surface area (Å²) in [6.45, 7) is 15.6. The van der Waals surface area contributed by atoms with Crippen LogP contribution in [0.2, 0.25) is 18.1 Å². The van der Waals surface area contributed by atoms with E-state index in [9.17, 15) is 4.79 Å². The Morgan fingerprint density at radius 2 is 1.74 bits per heavy atom. The van der Waals surface area contributed by atoms with Crippen LogP contribution in [0.15, 0.2) is 0 Å². The largest absolute Gasteiger partial charge is 0.412 e. The summed E-state index contributed by atoms with van der Waals surface area (Å²) in [5.41, 5.74) is 6.75. The fourth-order valence-electron chi connectivity index (χ4n) is 3.94. The highest BCUT2D eigenvalue weighted by molar-refractivity contribution is 6.74. The fourth-order valence-corrected chi connectivity index (χ4v) is 5.32. The molecule has 27 heavy (non-hydrogen) atoms. The van der Waals surface area contributed by atoms with Crippen molar-refractivity contribution >= 4 is 14.2 Å². The molecular weight excluding hydrogens is 352 g/mol. The van der Waals surface area contributed by atoms with Crippen molar-refractivity contribution in [2.75, 3.05) is 7.05 Å². The van der Waals surface area contributed by atoms with Gasteiger partial charge in [-0.1, -0.05) is 66.7 Å². The first-order valence-corrected chi connectivity index (χ1v) is 13.9.